The van der Waals surface area contributed by atoms with Gasteiger partial charge in [0.15, 0.2) is 6.10 Å². The number of fused-ring (bicyclic) bond motifs is 1. The van der Waals surface area contributed by atoms with Gasteiger partial charge in [0.2, 0.25) is 0 Å². The molecule has 0 bridgehead atoms. The van der Waals surface area contributed by atoms with Gasteiger partial charge in [-0.15, -0.1) is 0 Å². The third-order valence-electron chi connectivity index (χ3n) is 7.16. The Kier molecular flexibility index (Phi) is 7.05. The van der Waals surface area contributed by atoms with E-state index in [4.69, 9.17) is 4.74 Å². The third kappa shape index (κ3) is 4.34. The molecule has 30 heavy (non-hydrogen) atoms. The molecule has 0 aromatic rings. The van der Waals surface area contributed by atoms with E-state index in [0.29, 0.717) is 30.9 Å². The molecular weight excluding hydrogens is 378 g/mol. The van der Waals surface area contributed by atoms with E-state index in [-0.39, 0.29) is 11.3 Å². The summed E-state index contributed by atoms with van der Waals surface area (Å²) in [6.45, 7) is 8.73. The van der Waals surface area contributed by atoms with E-state index < -0.39 is 18.3 Å². The van der Waals surface area contributed by atoms with Gasteiger partial charge in [-0.25, -0.2) is 0 Å². The number of allylic oxidation sites excluding steroid dienone is 4. The summed E-state index contributed by atoms with van der Waals surface area (Å²) in [6, 6.07) is 0. The first-order chi connectivity index (χ1) is 14.2. The van der Waals surface area contributed by atoms with E-state index in [1.165, 1.54) is 5.57 Å². The minimum Gasteiger partial charge on any atom is -0.393 e. The number of nitrogens with zero attached hydrogens (tertiary/aromatic N) is 1. The van der Waals surface area contributed by atoms with Crippen molar-refractivity contribution >= 4 is 5.91 Å². The quantitative estimate of drug-likeness (QED) is 0.674. The lowest BCUT2D eigenvalue weighted by molar-refractivity contribution is -0.139. The highest BCUT2D eigenvalue weighted by Crippen LogP contribution is 2.56. The van der Waals surface area contributed by atoms with Crippen LogP contribution in [0.3, 0.4) is 0 Å². The molecule has 0 radical (unpaired) electrons. The van der Waals surface area contributed by atoms with Gasteiger partial charge >= 0.3 is 0 Å². The fourth-order valence-electron chi connectivity index (χ4n) is 5.42. The Bertz CT molecular complexity index is 778. The Morgan fingerprint density at radius 2 is 2.13 bits per heavy atom. The zero-order valence-electron chi connectivity index (χ0n) is 18.9. The van der Waals surface area contributed by atoms with Crippen LogP contribution in [0.5, 0.6) is 0 Å². The van der Waals surface area contributed by atoms with Crippen LogP contribution in [0.2, 0.25) is 0 Å². The Balaban J connectivity index is 1.86. The van der Waals surface area contributed by atoms with Crippen molar-refractivity contribution in [3.8, 4) is 0 Å². The second-order valence-corrected chi connectivity index (χ2v) is 9.35. The highest BCUT2D eigenvalue weighted by molar-refractivity contribution is 5.84. The van der Waals surface area contributed by atoms with Gasteiger partial charge in [0.25, 0.3) is 5.91 Å². The number of carbonyl (C=O) groups is 1. The van der Waals surface area contributed by atoms with Crippen molar-refractivity contribution in [3.63, 3.8) is 0 Å². The zero-order valence-corrected chi connectivity index (χ0v) is 18.9. The molecule has 0 heterocycles. The molecule has 5 heteroatoms. The summed E-state index contributed by atoms with van der Waals surface area (Å²) in [5.74, 6) is 0.354. The van der Waals surface area contributed by atoms with Gasteiger partial charge in [0, 0.05) is 27.1 Å². The van der Waals surface area contributed by atoms with Crippen LogP contribution in [0.15, 0.2) is 47.1 Å². The van der Waals surface area contributed by atoms with Gasteiger partial charge in [0.1, 0.15) is 0 Å². The summed E-state index contributed by atoms with van der Waals surface area (Å²) in [6.07, 6.45) is 9.70. The van der Waals surface area contributed by atoms with Gasteiger partial charge in [-0.1, -0.05) is 37.3 Å². The lowest BCUT2D eigenvalue weighted by atomic mass is 9.63. The maximum Gasteiger partial charge on any atom is 0.255 e. The Labute approximate surface area is 180 Å². The molecule has 0 aliphatic heterocycles. The molecule has 0 aromatic carbocycles. The fraction of sp³-hybridized carbons (Fsp3) is 0.640. The van der Waals surface area contributed by atoms with Crippen molar-refractivity contribution in [3.05, 3.63) is 47.1 Å². The molecule has 2 fully saturated rings. The van der Waals surface area contributed by atoms with Crippen LogP contribution in [0.1, 0.15) is 52.4 Å². The third-order valence-corrected chi connectivity index (χ3v) is 7.16. The predicted octanol–water partition coefficient (Wildman–Crippen LogP) is 3.54. The van der Waals surface area contributed by atoms with Crippen molar-refractivity contribution in [2.24, 2.45) is 11.3 Å². The summed E-state index contributed by atoms with van der Waals surface area (Å²) in [5, 5.41) is 20.1. The van der Waals surface area contributed by atoms with Crippen LogP contribution in [0.4, 0.5) is 0 Å². The fourth-order valence-corrected chi connectivity index (χ4v) is 5.42. The largest absolute Gasteiger partial charge is 0.393 e. The van der Waals surface area contributed by atoms with E-state index in [9.17, 15) is 15.0 Å². The summed E-state index contributed by atoms with van der Waals surface area (Å²) >= 11 is 0. The topological polar surface area (TPSA) is 70.0 Å². The minimum atomic E-state index is -0.668. The van der Waals surface area contributed by atoms with Crippen LogP contribution in [0.25, 0.3) is 0 Å². The Morgan fingerprint density at radius 1 is 1.40 bits per heavy atom. The molecule has 2 N–H and O–H groups in total. The highest BCUT2D eigenvalue weighted by atomic mass is 16.5. The van der Waals surface area contributed by atoms with Crippen molar-refractivity contribution < 1.29 is 19.7 Å². The SMILES string of the molecule is C=C1/C(=C\C=C2/CCC[C@]3(C)C(C(OCC)C(=O)N(C)C)=CC[C@@H]23)C[C@@H](O)C[C@@H]1O. The van der Waals surface area contributed by atoms with E-state index in [1.54, 1.807) is 19.0 Å². The smallest absolute Gasteiger partial charge is 0.255 e. The zero-order chi connectivity index (χ0) is 22.1. The van der Waals surface area contributed by atoms with Gasteiger partial charge in [-0.05, 0) is 67.1 Å². The molecule has 1 amide bonds. The molecular formula is C25H37NO4. The van der Waals surface area contributed by atoms with E-state index in [2.05, 4.69) is 25.7 Å². The molecule has 0 spiro atoms. The minimum absolute atomic E-state index is 0.00433. The summed E-state index contributed by atoms with van der Waals surface area (Å²) in [4.78, 5) is 14.4. The maximum atomic E-state index is 12.8. The lowest BCUT2D eigenvalue weighted by Crippen LogP contribution is -2.43. The molecule has 3 aliphatic rings. The number of aliphatic hydroxyl groups is 2. The second-order valence-electron chi connectivity index (χ2n) is 9.35. The monoisotopic (exact) mass is 415 g/mol. The maximum absolute atomic E-state index is 12.8. The first-order valence-electron chi connectivity index (χ1n) is 11.2. The normalized spacial score (nSPS) is 35.3. The number of rotatable bonds is 5. The number of ether oxygens (including phenoxy) is 1. The van der Waals surface area contributed by atoms with E-state index in [0.717, 1.165) is 36.8 Å². The van der Waals surface area contributed by atoms with Crippen molar-refractivity contribution in [1.82, 2.24) is 4.90 Å². The van der Waals surface area contributed by atoms with Crippen molar-refractivity contribution in [2.75, 3.05) is 20.7 Å². The first-order valence-corrected chi connectivity index (χ1v) is 11.2. The number of hydrogen-bond donors (Lipinski definition) is 2. The van der Waals surface area contributed by atoms with E-state index in [1.807, 2.05) is 13.0 Å². The first kappa shape index (κ1) is 23.0. The lowest BCUT2D eigenvalue weighted by Gasteiger charge is -2.42. The van der Waals surface area contributed by atoms with Gasteiger partial charge < -0.3 is 19.8 Å². The van der Waals surface area contributed by atoms with Crippen LogP contribution in [-0.2, 0) is 9.53 Å². The number of carbonyl (C=O) groups excluding carboxylic acids is 1. The summed E-state index contributed by atoms with van der Waals surface area (Å²) in [7, 11) is 3.56. The summed E-state index contributed by atoms with van der Waals surface area (Å²) < 4.78 is 5.93. The van der Waals surface area contributed by atoms with Crippen molar-refractivity contribution in [2.45, 2.75) is 70.7 Å². The van der Waals surface area contributed by atoms with E-state index >= 15 is 0 Å². The average Bonchev–Trinajstić information content (AvgIpc) is 3.04. The van der Waals surface area contributed by atoms with Crippen LogP contribution in [0, 0.1) is 11.3 Å². The molecule has 0 aromatic heterocycles. The Morgan fingerprint density at radius 3 is 2.80 bits per heavy atom. The molecule has 3 aliphatic carbocycles. The number of amides is 1. The van der Waals surface area contributed by atoms with Crippen molar-refractivity contribution in [1.29, 1.82) is 0 Å². The Hall–Kier alpha value is -1.69. The average molecular weight is 416 g/mol. The molecule has 166 valence electrons. The highest BCUT2D eigenvalue weighted by Gasteiger charge is 2.49. The number of likely N-dealkylation sites (N-methyl/N-ethyl adjacent to an activating group) is 1. The molecule has 5 nitrogen and oxygen atoms in total. The van der Waals surface area contributed by atoms with Crippen LogP contribution >= 0.6 is 0 Å². The molecule has 1 unspecified atom stereocenters. The molecule has 5 atom stereocenters. The number of hydrogen-bond acceptors (Lipinski definition) is 4. The molecule has 3 rings (SSSR count). The predicted molar refractivity (Wildman–Crippen MR) is 119 cm³/mol. The van der Waals surface area contributed by atoms with Gasteiger partial charge in [-0.2, -0.15) is 0 Å². The van der Waals surface area contributed by atoms with Crippen LogP contribution in [-0.4, -0.2) is 60.0 Å². The van der Waals surface area contributed by atoms with Crippen LogP contribution < -0.4 is 0 Å². The standard InChI is InChI=1S/C25H37NO4/c1-6-30-23(24(29)26(4)5)21-12-11-20-17(8-7-13-25(20,21)3)9-10-18-14-19(27)15-22(28)16(18)2/h9-10,12,19-20,22-23,27-28H,2,6-8,11,13-15H2,1,3-5H3/b17-9+,18-10-/t19-,20+,22+,23?,25+/m1/s1. The number of aliphatic hydroxyl groups excluding tert-OH is 2. The second kappa shape index (κ2) is 9.21. The molecule has 2 saturated carbocycles. The van der Waals surface area contributed by atoms with Gasteiger partial charge in [-0.3, -0.25) is 4.79 Å². The molecule has 0 saturated heterocycles. The summed E-state index contributed by atoms with van der Waals surface area (Å²) in [5.41, 5.74) is 4.06. The van der Waals surface area contributed by atoms with Gasteiger partial charge in [0.05, 0.1) is 12.2 Å².